The number of hydrogen-bond donors (Lipinski definition) is 0. The zero-order valence-electron chi connectivity index (χ0n) is 19.8. The molecule has 0 saturated heterocycles. The third-order valence-corrected chi connectivity index (χ3v) is 7.46. The van der Waals surface area contributed by atoms with Gasteiger partial charge in [0.1, 0.15) is 19.3 Å². The molecule has 182 valence electrons. The van der Waals surface area contributed by atoms with Crippen LogP contribution < -0.4 is 0 Å². The third-order valence-electron chi connectivity index (χ3n) is 7.46. The van der Waals surface area contributed by atoms with Crippen molar-refractivity contribution in [2.24, 2.45) is 16.7 Å². The summed E-state index contributed by atoms with van der Waals surface area (Å²) in [4.78, 5) is 49.3. The molecule has 0 aromatic heterocycles. The Morgan fingerprint density at radius 2 is 1.71 bits per heavy atom. The van der Waals surface area contributed by atoms with Gasteiger partial charge in [-0.05, 0) is 30.5 Å². The summed E-state index contributed by atoms with van der Waals surface area (Å²) in [6, 6.07) is 8.66. The Hall–Kier alpha value is -3.16. The van der Waals surface area contributed by atoms with E-state index in [0.717, 1.165) is 18.4 Å². The van der Waals surface area contributed by atoms with Crippen LogP contribution in [-0.4, -0.2) is 49.8 Å². The second-order valence-corrected chi connectivity index (χ2v) is 9.75. The topological polar surface area (TPSA) is 105 Å². The van der Waals surface area contributed by atoms with E-state index in [9.17, 15) is 19.2 Å². The van der Waals surface area contributed by atoms with E-state index in [0.29, 0.717) is 17.6 Å². The fourth-order valence-corrected chi connectivity index (χ4v) is 6.13. The van der Waals surface area contributed by atoms with Gasteiger partial charge in [0.2, 0.25) is 0 Å². The Morgan fingerprint density at radius 3 is 2.38 bits per heavy atom. The van der Waals surface area contributed by atoms with Gasteiger partial charge < -0.3 is 18.9 Å². The summed E-state index contributed by atoms with van der Waals surface area (Å²) in [5.74, 6) is -2.11. The molecule has 1 fully saturated rings. The maximum Gasteiger partial charge on any atom is 0.338 e. The van der Waals surface area contributed by atoms with Gasteiger partial charge in [0, 0.05) is 42.6 Å². The fraction of sp³-hybridized carbons (Fsp3) is 0.538. The Bertz CT molecular complexity index is 1030. The van der Waals surface area contributed by atoms with E-state index in [2.05, 4.69) is 0 Å². The van der Waals surface area contributed by atoms with Crippen molar-refractivity contribution in [3.63, 3.8) is 0 Å². The Morgan fingerprint density at radius 1 is 1.03 bits per heavy atom. The lowest BCUT2D eigenvalue weighted by atomic mass is 9.48. The zero-order valence-corrected chi connectivity index (χ0v) is 19.8. The van der Waals surface area contributed by atoms with Gasteiger partial charge in [0.05, 0.1) is 12.2 Å². The van der Waals surface area contributed by atoms with Gasteiger partial charge in [0.25, 0.3) is 0 Å². The molecule has 8 nitrogen and oxygen atoms in total. The van der Waals surface area contributed by atoms with Crippen LogP contribution in [0.1, 0.15) is 56.8 Å². The van der Waals surface area contributed by atoms with E-state index in [1.807, 2.05) is 13.0 Å². The number of benzene rings is 1. The summed E-state index contributed by atoms with van der Waals surface area (Å²) in [6.45, 7) is 5.00. The molecular weight excluding hydrogens is 440 g/mol. The van der Waals surface area contributed by atoms with Crippen molar-refractivity contribution >= 4 is 23.9 Å². The average Bonchev–Trinajstić information content (AvgIpc) is 3.18. The molecule has 34 heavy (non-hydrogen) atoms. The van der Waals surface area contributed by atoms with E-state index in [4.69, 9.17) is 18.9 Å². The molecule has 3 aliphatic rings. The van der Waals surface area contributed by atoms with Gasteiger partial charge >= 0.3 is 23.9 Å². The number of carbonyl (C=O) groups is 4. The van der Waals surface area contributed by atoms with Crippen LogP contribution in [0.25, 0.3) is 0 Å². The van der Waals surface area contributed by atoms with E-state index >= 15 is 0 Å². The SMILES string of the molecule is CC(=O)OCC1(C)CCCC2(COC(C)=O)C3=C(CC(OC(=O)c4ccccc4)C12)C(=O)OC3. The van der Waals surface area contributed by atoms with Crippen molar-refractivity contribution < 1.29 is 38.1 Å². The minimum absolute atomic E-state index is 0.0392. The van der Waals surface area contributed by atoms with E-state index < -0.39 is 40.8 Å². The monoisotopic (exact) mass is 470 g/mol. The average molecular weight is 471 g/mol. The van der Waals surface area contributed by atoms with Crippen LogP contribution in [0.4, 0.5) is 0 Å². The highest BCUT2D eigenvalue weighted by Gasteiger charge is 2.62. The van der Waals surface area contributed by atoms with Crippen molar-refractivity contribution in [1.82, 2.24) is 0 Å². The highest BCUT2D eigenvalue weighted by molar-refractivity contribution is 5.93. The Labute approximate surface area is 198 Å². The lowest BCUT2D eigenvalue weighted by molar-refractivity contribution is -0.167. The quantitative estimate of drug-likeness (QED) is 0.460. The molecule has 0 radical (unpaired) electrons. The number of carbonyl (C=O) groups excluding carboxylic acids is 4. The van der Waals surface area contributed by atoms with Gasteiger partial charge in [-0.15, -0.1) is 0 Å². The molecule has 2 aliphatic carbocycles. The lowest BCUT2D eigenvalue weighted by Gasteiger charge is -2.57. The number of hydrogen-bond acceptors (Lipinski definition) is 8. The predicted octanol–water partition coefficient (Wildman–Crippen LogP) is 3.39. The van der Waals surface area contributed by atoms with Gasteiger partial charge in [-0.25, -0.2) is 9.59 Å². The molecule has 1 aliphatic heterocycles. The van der Waals surface area contributed by atoms with Crippen LogP contribution in [-0.2, 0) is 33.3 Å². The summed E-state index contributed by atoms with van der Waals surface area (Å²) in [5.41, 5.74) is 0.366. The molecule has 0 amide bonds. The largest absolute Gasteiger partial charge is 0.465 e. The van der Waals surface area contributed by atoms with Crippen molar-refractivity contribution in [1.29, 1.82) is 0 Å². The molecule has 1 saturated carbocycles. The zero-order chi connectivity index (χ0) is 24.5. The van der Waals surface area contributed by atoms with Crippen LogP contribution in [0.15, 0.2) is 41.5 Å². The molecule has 0 spiro atoms. The number of cyclic esters (lactones) is 1. The minimum atomic E-state index is -0.764. The van der Waals surface area contributed by atoms with Gasteiger partial charge in [-0.3, -0.25) is 9.59 Å². The van der Waals surface area contributed by atoms with Crippen molar-refractivity contribution in [3.8, 4) is 0 Å². The molecule has 1 aromatic carbocycles. The number of esters is 4. The molecule has 0 N–H and O–H groups in total. The first-order valence-corrected chi connectivity index (χ1v) is 11.6. The molecule has 4 rings (SSSR count). The minimum Gasteiger partial charge on any atom is -0.465 e. The van der Waals surface area contributed by atoms with Gasteiger partial charge in [-0.2, -0.15) is 0 Å². The van der Waals surface area contributed by atoms with E-state index in [1.165, 1.54) is 13.8 Å². The molecule has 1 aromatic rings. The molecule has 0 bridgehead atoms. The summed E-state index contributed by atoms with van der Waals surface area (Å²) in [7, 11) is 0. The predicted molar refractivity (Wildman–Crippen MR) is 119 cm³/mol. The van der Waals surface area contributed by atoms with E-state index in [1.54, 1.807) is 24.3 Å². The maximum absolute atomic E-state index is 13.1. The van der Waals surface area contributed by atoms with Crippen LogP contribution in [0.3, 0.4) is 0 Å². The molecule has 4 atom stereocenters. The molecule has 4 unspecified atom stereocenters. The summed E-state index contributed by atoms with van der Waals surface area (Å²) >= 11 is 0. The van der Waals surface area contributed by atoms with Crippen molar-refractivity contribution in [3.05, 3.63) is 47.0 Å². The van der Waals surface area contributed by atoms with Crippen molar-refractivity contribution in [2.45, 2.75) is 52.6 Å². The normalized spacial score (nSPS) is 30.0. The number of fused-ring (bicyclic) bond motifs is 2. The smallest absolute Gasteiger partial charge is 0.338 e. The Kier molecular flexibility index (Phi) is 6.51. The number of rotatable bonds is 6. The lowest BCUT2D eigenvalue weighted by Crippen LogP contribution is -2.58. The second-order valence-electron chi connectivity index (χ2n) is 9.75. The Balaban J connectivity index is 1.79. The van der Waals surface area contributed by atoms with Gasteiger partial charge in [0.15, 0.2) is 0 Å². The summed E-state index contributed by atoms with van der Waals surface area (Å²) in [6.07, 6.45) is 1.64. The second kappa shape index (κ2) is 9.24. The molecular formula is C26H30O8. The van der Waals surface area contributed by atoms with Crippen LogP contribution >= 0.6 is 0 Å². The summed E-state index contributed by atoms with van der Waals surface area (Å²) < 4.78 is 22.5. The first-order chi connectivity index (χ1) is 16.2. The highest BCUT2D eigenvalue weighted by atomic mass is 16.6. The summed E-state index contributed by atoms with van der Waals surface area (Å²) in [5, 5.41) is 0. The molecule has 1 heterocycles. The van der Waals surface area contributed by atoms with Crippen LogP contribution in [0.2, 0.25) is 0 Å². The standard InChI is InChI=1S/C26H30O8/c1-16(27)32-14-25(3)10-7-11-26(15-33-17(2)28)20-13-31-24(30)19(20)12-21(22(25)26)34-23(29)18-8-5-4-6-9-18/h4-6,8-9,21-22H,7,10-15H2,1-3H3. The first kappa shape index (κ1) is 24.0. The number of ether oxygens (including phenoxy) is 4. The van der Waals surface area contributed by atoms with Crippen LogP contribution in [0, 0.1) is 16.7 Å². The third kappa shape index (κ3) is 4.33. The molecule has 8 heteroatoms. The van der Waals surface area contributed by atoms with Crippen LogP contribution in [0.5, 0.6) is 0 Å². The maximum atomic E-state index is 13.1. The fourth-order valence-electron chi connectivity index (χ4n) is 6.13. The first-order valence-electron chi connectivity index (χ1n) is 11.6. The highest BCUT2D eigenvalue weighted by Crippen LogP contribution is 2.61. The van der Waals surface area contributed by atoms with Crippen molar-refractivity contribution in [2.75, 3.05) is 19.8 Å². The van der Waals surface area contributed by atoms with E-state index in [-0.39, 0.29) is 32.2 Å². The van der Waals surface area contributed by atoms with Gasteiger partial charge in [-0.1, -0.05) is 31.5 Å².